The largest absolute Gasteiger partial charge is 0.298 e. The molecule has 3 aromatic heterocycles. The van der Waals surface area contributed by atoms with Gasteiger partial charge >= 0.3 is 0 Å². The lowest BCUT2D eigenvalue weighted by Gasteiger charge is -2.08. The minimum Gasteiger partial charge on any atom is -0.298 e. The Kier molecular flexibility index (Phi) is 8.08. The summed E-state index contributed by atoms with van der Waals surface area (Å²) in [6, 6.07) is 12.8. The maximum atomic E-state index is 4.94. The van der Waals surface area contributed by atoms with Crippen molar-refractivity contribution in [1.29, 1.82) is 0 Å². The van der Waals surface area contributed by atoms with Crippen LogP contribution < -0.4 is 0 Å². The van der Waals surface area contributed by atoms with Crippen molar-refractivity contribution in [1.82, 2.24) is 19.4 Å². The Labute approximate surface area is 174 Å². The quantitative estimate of drug-likeness (QED) is 0.393. The third-order valence-electron chi connectivity index (χ3n) is 4.54. The normalized spacial score (nSPS) is 10.0. The van der Waals surface area contributed by atoms with Crippen LogP contribution in [0.1, 0.15) is 51.3 Å². The average Bonchev–Trinajstić information content (AvgIpc) is 3.15. The first kappa shape index (κ1) is 22.3. The highest BCUT2D eigenvalue weighted by Gasteiger charge is 2.18. The highest BCUT2D eigenvalue weighted by molar-refractivity contribution is 5.81. The van der Waals surface area contributed by atoms with Crippen LogP contribution in [0.15, 0.2) is 55.1 Å². The lowest BCUT2D eigenvalue weighted by atomic mass is 10.1. The molecule has 4 rings (SSSR count). The highest BCUT2D eigenvalue weighted by Crippen LogP contribution is 2.33. The van der Waals surface area contributed by atoms with Crippen LogP contribution in [0.4, 0.5) is 0 Å². The summed E-state index contributed by atoms with van der Waals surface area (Å²) in [4.78, 5) is 13.6. The van der Waals surface area contributed by atoms with Crippen LogP contribution >= 0.6 is 0 Å². The molecular formula is C25H32N4. The molecule has 0 aliphatic carbocycles. The lowest BCUT2D eigenvalue weighted by molar-refractivity contribution is 1.08. The second-order valence-electron chi connectivity index (χ2n) is 6.35. The van der Waals surface area contributed by atoms with Gasteiger partial charge in [-0.1, -0.05) is 64.4 Å². The fourth-order valence-electron chi connectivity index (χ4n) is 3.09. The standard InChI is InChI=1S/C21H20N4.2C2H6/c1-4-16-9-10-25-18(11-16)24-20(17-7-5-14(2)6-8-17)21(25)19-15(3)12-22-13-23-19;2*1-2/h5-13H,4H2,1-3H3;2*1-2H3. The number of aromatic nitrogens is 4. The predicted molar refractivity (Wildman–Crippen MR) is 123 cm³/mol. The van der Waals surface area contributed by atoms with Crippen LogP contribution in [0.3, 0.4) is 0 Å². The van der Waals surface area contributed by atoms with Gasteiger partial charge in [0.25, 0.3) is 0 Å². The van der Waals surface area contributed by atoms with Crippen LogP contribution in [-0.2, 0) is 6.42 Å². The van der Waals surface area contributed by atoms with Gasteiger partial charge in [0.15, 0.2) is 0 Å². The first-order chi connectivity index (χ1) is 14.2. The number of nitrogens with zero attached hydrogens (tertiary/aromatic N) is 4. The molecule has 0 spiro atoms. The number of rotatable bonds is 3. The van der Waals surface area contributed by atoms with Crippen LogP contribution in [0.25, 0.3) is 28.3 Å². The van der Waals surface area contributed by atoms with E-state index in [4.69, 9.17) is 4.98 Å². The minimum absolute atomic E-state index is 0.919. The lowest BCUT2D eigenvalue weighted by Crippen LogP contribution is -1.96. The summed E-state index contributed by atoms with van der Waals surface area (Å²) in [5.74, 6) is 0. The number of pyridine rings is 1. The molecule has 0 aliphatic heterocycles. The summed E-state index contributed by atoms with van der Waals surface area (Å²) in [6.07, 6.45) is 6.53. The first-order valence-corrected chi connectivity index (χ1v) is 10.5. The third-order valence-corrected chi connectivity index (χ3v) is 4.54. The summed E-state index contributed by atoms with van der Waals surface area (Å²) in [5.41, 5.74) is 8.48. The van der Waals surface area contributed by atoms with Crippen LogP contribution in [-0.4, -0.2) is 19.4 Å². The number of benzene rings is 1. The van der Waals surface area contributed by atoms with E-state index in [-0.39, 0.29) is 0 Å². The zero-order valence-corrected chi connectivity index (χ0v) is 18.7. The fourth-order valence-corrected chi connectivity index (χ4v) is 3.09. The zero-order valence-electron chi connectivity index (χ0n) is 18.7. The molecule has 0 unspecified atom stereocenters. The Hall–Kier alpha value is -3.01. The van der Waals surface area contributed by atoms with Gasteiger partial charge in [-0.05, 0) is 43.5 Å². The zero-order chi connectivity index (χ0) is 21.4. The molecule has 29 heavy (non-hydrogen) atoms. The van der Waals surface area contributed by atoms with Crippen molar-refractivity contribution in [3.05, 3.63) is 71.8 Å². The Morgan fingerprint density at radius 2 is 1.59 bits per heavy atom. The van der Waals surface area contributed by atoms with Gasteiger partial charge in [0.2, 0.25) is 0 Å². The molecule has 4 heteroatoms. The summed E-state index contributed by atoms with van der Waals surface area (Å²) in [5, 5.41) is 0. The van der Waals surface area contributed by atoms with Gasteiger partial charge in [0.1, 0.15) is 12.0 Å². The van der Waals surface area contributed by atoms with E-state index in [1.807, 2.05) is 40.8 Å². The van der Waals surface area contributed by atoms with Gasteiger partial charge in [-0.15, -0.1) is 0 Å². The second-order valence-corrected chi connectivity index (χ2v) is 6.35. The average molecular weight is 389 g/mol. The van der Waals surface area contributed by atoms with Gasteiger partial charge in [-0.25, -0.2) is 15.0 Å². The summed E-state index contributed by atoms with van der Waals surface area (Å²) < 4.78 is 2.13. The molecule has 152 valence electrons. The van der Waals surface area contributed by atoms with E-state index in [9.17, 15) is 0 Å². The molecular weight excluding hydrogens is 356 g/mol. The molecule has 4 aromatic rings. The van der Waals surface area contributed by atoms with Gasteiger partial charge in [0, 0.05) is 18.0 Å². The molecule has 0 saturated heterocycles. The number of aryl methyl sites for hydroxylation is 3. The van der Waals surface area contributed by atoms with Gasteiger partial charge in [-0.2, -0.15) is 0 Å². The molecule has 4 nitrogen and oxygen atoms in total. The number of hydrogen-bond donors (Lipinski definition) is 0. The van der Waals surface area contributed by atoms with E-state index in [1.54, 1.807) is 6.33 Å². The van der Waals surface area contributed by atoms with Crippen molar-refractivity contribution in [2.75, 3.05) is 0 Å². The van der Waals surface area contributed by atoms with Crippen molar-refractivity contribution in [3.8, 4) is 22.6 Å². The van der Waals surface area contributed by atoms with Crippen molar-refractivity contribution in [3.63, 3.8) is 0 Å². The molecule has 0 bridgehead atoms. The first-order valence-electron chi connectivity index (χ1n) is 10.5. The number of imidazole rings is 1. The molecule has 0 atom stereocenters. The van der Waals surface area contributed by atoms with E-state index in [2.05, 4.69) is 70.8 Å². The van der Waals surface area contributed by atoms with Crippen molar-refractivity contribution < 1.29 is 0 Å². The fraction of sp³-hybridized carbons (Fsp3) is 0.320. The SMILES string of the molecule is CC.CC.CCc1ccn2c(-c3ncncc3C)c(-c3ccc(C)cc3)nc2c1. The van der Waals surface area contributed by atoms with Crippen LogP contribution in [0.2, 0.25) is 0 Å². The molecule has 0 radical (unpaired) electrons. The van der Waals surface area contributed by atoms with Crippen LogP contribution in [0.5, 0.6) is 0 Å². The minimum atomic E-state index is 0.919. The highest BCUT2D eigenvalue weighted by atomic mass is 15.0. The summed E-state index contributed by atoms with van der Waals surface area (Å²) in [7, 11) is 0. The van der Waals surface area contributed by atoms with Crippen LogP contribution in [0, 0.1) is 13.8 Å². The molecule has 0 amide bonds. The van der Waals surface area contributed by atoms with Gasteiger partial charge in [-0.3, -0.25) is 4.40 Å². The van der Waals surface area contributed by atoms with Crippen molar-refractivity contribution >= 4 is 5.65 Å². The maximum Gasteiger partial charge on any atom is 0.138 e. The van der Waals surface area contributed by atoms with E-state index in [1.165, 1.54) is 11.1 Å². The van der Waals surface area contributed by atoms with E-state index < -0.39 is 0 Å². The van der Waals surface area contributed by atoms with Crippen molar-refractivity contribution in [2.24, 2.45) is 0 Å². The molecule has 0 aliphatic rings. The van der Waals surface area contributed by atoms with Crippen molar-refractivity contribution in [2.45, 2.75) is 54.9 Å². The number of fused-ring (bicyclic) bond motifs is 1. The van der Waals surface area contributed by atoms with E-state index in [0.717, 1.165) is 40.3 Å². The molecule has 0 saturated carbocycles. The molecule has 0 N–H and O–H groups in total. The topological polar surface area (TPSA) is 43.1 Å². The number of hydrogen-bond acceptors (Lipinski definition) is 3. The predicted octanol–water partition coefficient (Wildman–Crippen LogP) is 6.69. The molecule has 3 heterocycles. The Balaban J connectivity index is 0.000000707. The third kappa shape index (κ3) is 4.70. The summed E-state index contributed by atoms with van der Waals surface area (Å²) >= 11 is 0. The Morgan fingerprint density at radius 1 is 0.897 bits per heavy atom. The van der Waals surface area contributed by atoms with E-state index >= 15 is 0 Å². The molecule has 0 fully saturated rings. The van der Waals surface area contributed by atoms with Gasteiger partial charge < -0.3 is 0 Å². The Bertz CT molecular complexity index is 1050. The molecule has 1 aromatic carbocycles. The Morgan fingerprint density at radius 3 is 2.21 bits per heavy atom. The van der Waals surface area contributed by atoms with Gasteiger partial charge in [0.05, 0.1) is 17.1 Å². The summed E-state index contributed by atoms with van der Waals surface area (Å²) in [6.45, 7) is 14.3. The maximum absolute atomic E-state index is 4.94. The second kappa shape index (κ2) is 10.5. The van der Waals surface area contributed by atoms with E-state index in [0.29, 0.717) is 0 Å². The smallest absolute Gasteiger partial charge is 0.138 e. The monoisotopic (exact) mass is 388 g/mol.